The molecule has 2 N–H and O–H groups in total. The minimum atomic E-state index is -0.183. The summed E-state index contributed by atoms with van der Waals surface area (Å²) in [4.78, 5) is 15.8. The molecule has 1 heterocycles. The van der Waals surface area contributed by atoms with Crippen LogP contribution in [0.2, 0.25) is 0 Å². The molecule has 0 bridgehead atoms. The fourth-order valence-electron chi connectivity index (χ4n) is 1.77. The maximum absolute atomic E-state index is 11.8. The molecule has 0 aliphatic carbocycles. The fourth-order valence-corrected chi connectivity index (χ4v) is 2.03. The van der Waals surface area contributed by atoms with Crippen LogP contribution in [-0.4, -0.2) is 11.0 Å². The van der Waals surface area contributed by atoms with E-state index in [0.717, 1.165) is 15.6 Å². The topological polar surface area (TPSA) is 54.0 Å². The summed E-state index contributed by atoms with van der Waals surface area (Å²) < 4.78 is 1.03. The predicted molar refractivity (Wildman–Crippen MR) is 82.2 cm³/mol. The number of aromatic nitrogens is 1. The average molecular weight is 334 g/mol. The highest BCUT2D eigenvalue weighted by Gasteiger charge is 2.08. The number of nitrogens with zero attached hydrogens (tertiary/aromatic N) is 1. The SMILES string of the molecule is CC(NC(=O)NCc1ccc(Br)cc1)c1ccncc1. The van der Waals surface area contributed by atoms with Crippen LogP contribution in [0.3, 0.4) is 0 Å². The highest BCUT2D eigenvalue weighted by Crippen LogP contribution is 2.11. The van der Waals surface area contributed by atoms with E-state index in [4.69, 9.17) is 0 Å². The molecule has 2 aromatic rings. The molecule has 1 unspecified atom stereocenters. The molecule has 1 aromatic carbocycles. The molecular weight excluding hydrogens is 318 g/mol. The maximum atomic E-state index is 11.8. The summed E-state index contributed by atoms with van der Waals surface area (Å²) in [7, 11) is 0. The van der Waals surface area contributed by atoms with Crippen molar-refractivity contribution >= 4 is 22.0 Å². The number of halogens is 1. The normalized spacial score (nSPS) is 11.7. The number of hydrogen-bond acceptors (Lipinski definition) is 2. The van der Waals surface area contributed by atoms with Crippen LogP contribution in [0.1, 0.15) is 24.1 Å². The quantitative estimate of drug-likeness (QED) is 0.900. The van der Waals surface area contributed by atoms with Crippen LogP contribution in [0.15, 0.2) is 53.3 Å². The third kappa shape index (κ3) is 4.35. The standard InChI is InChI=1S/C15H16BrN3O/c1-11(13-6-8-17-9-7-13)19-15(20)18-10-12-2-4-14(16)5-3-12/h2-9,11H,10H2,1H3,(H2,18,19,20). The van der Waals surface area contributed by atoms with E-state index in [1.807, 2.05) is 43.3 Å². The molecule has 1 aromatic heterocycles. The molecular formula is C15H16BrN3O. The Kier molecular flexibility index (Phi) is 5.12. The van der Waals surface area contributed by atoms with Crippen molar-refractivity contribution in [3.05, 3.63) is 64.4 Å². The number of amides is 2. The second-order valence-electron chi connectivity index (χ2n) is 4.46. The minimum Gasteiger partial charge on any atom is -0.334 e. The number of carbonyl (C=O) groups excluding carboxylic acids is 1. The van der Waals surface area contributed by atoms with Crippen molar-refractivity contribution in [2.24, 2.45) is 0 Å². The second-order valence-corrected chi connectivity index (χ2v) is 5.37. The summed E-state index contributed by atoms with van der Waals surface area (Å²) in [6.45, 7) is 2.44. The van der Waals surface area contributed by atoms with Gasteiger partial charge in [0.15, 0.2) is 0 Å². The molecule has 0 saturated carbocycles. The lowest BCUT2D eigenvalue weighted by atomic mass is 10.1. The predicted octanol–water partition coefficient (Wildman–Crippen LogP) is 3.40. The van der Waals surface area contributed by atoms with Gasteiger partial charge in [-0.15, -0.1) is 0 Å². The molecule has 0 saturated heterocycles. The first kappa shape index (κ1) is 14.5. The van der Waals surface area contributed by atoms with Gasteiger partial charge in [0.25, 0.3) is 0 Å². The fraction of sp³-hybridized carbons (Fsp3) is 0.200. The van der Waals surface area contributed by atoms with Crippen LogP contribution in [0, 0.1) is 0 Å². The molecule has 2 rings (SSSR count). The van der Waals surface area contributed by atoms with E-state index in [1.54, 1.807) is 12.4 Å². The minimum absolute atomic E-state index is 0.0529. The van der Waals surface area contributed by atoms with Crippen molar-refractivity contribution in [1.29, 1.82) is 0 Å². The van der Waals surface area contributed by atoms with Gasteiger partial charge in [0.1, 0.15) is 0 Å². The van der Waals surface area contributed by atoms with Crippen LogP contribution in [-0.2, 0) is 6.54 Å². The monoisotopic (exact) mass is 333 g/mol. The molecule has 4 nitrogen and oxygen atoms in total. The van der Waals surface area contributed by atoms with Gasteiger partial charge in [-0.2, -0.15) is 0 Å². The summed E-state index contributed by atoms with van der Waals surface area (Å²) in [6, 6.07) is 11.4. The zero-order chi connectivity index (χ0) is 14.4. The Hall–Kier alpha value is -1.88. The zero-order valence-electron chi connectivity index (χ0n) is 11.1. The first-order valence-electron chi connectivity index (χ1n) is 6.34. The van der Waals surface area contributed by atoms with Gasteiger partial charge in [-0.3, -0.25) is 4.98 Å². The Morgan fingerprint density at radius 1 is 1.20 bits per heavy atom. The number of nitrogens with one attached hydrogen (secondary N) is 2. The highest BCUT2D eigenvalue weighted by molar-refractivity contribution is 9.10. The smallest absolute Gasteiger partial charge is 0.315 e. The van der Waals surface area contributed by atoms with Crippen LogP contribution in [0.4, 0.5) is 4.79 Å². The Labute approximate surface area is 126 Å². The summed E-state index contributed by atoms with van der Waals surface area (Å²) in [5, 5.41) is 5.73. The third-order valence-electron chi connectivity index (χ3n) is 2.92. The van der Waals surface area contributed by atoms with E-state index < -0.39 is 0 Å². The summed E-state index contributed by atoms with van der Waals surface area (Å²) in [5.41, 5.74) is 2.08. The van der Waals surface area contributed by atoms with Crippen LogP contribution >= 0.6 is 15.9 Å². The number of rotatable bonds is 4. The van der Waals surface area contributed by atoms with Crippen LogP contribution < -0.4 is 10.6 Å². The number of benzene rings is 1. The lowest BCUT2D eigenvalue weighted by molar-refractivity contribution is 0.237. The Bertz CT molecular complexity index is 557. The Morgan fingerprint density at radius 3 is 2.50 bits per heavy atom. The highest BCUT2D eigenvalue weighted by atomic mass is 79.9. The van der Waals surface area contributed by atoms with E-state index >= 15 is 0 Å². The van der Waals surface area contributed by atoms with E-state index in [1.165, 1.54) is 0 Å². The summed E-state index contributed by atoms with van der Waals surface area (Å²) in [5.74, 6) is 0. The second kappa shape index (κ2) is 7.05. The van der Waals surface area contributed by atoms with Gasteiger partial charge >= 0.3 is 6.03 Å². The van der Waals surface area contributed by atoms with Gasteiger partial charge in [0, 0.05) is 23.4 Å². The van der Waals surface area contributed by atoms with Crippen LogP contribution in [0.25, 0.3) is 0 Å². The van der Waals surface area contributed by atoms with Crippen molar-refractivity contribution < 1.29 is 4.79 Å². The van der Waals surface area contributed by atoms with Crippen molar-refractivity contribution in [2.45, 2.75) is 19.5 Å². The molecule has 0 fully saturated rings. The molecule has 0 radical (unpaired) electrons. The first-order chi connectivity index (χ1) is 9.65. The van der Waals surface area contributed by atoms with Crippen LogP contribution in [0.5, 0.6) is 0 Å². The third-order valence-corrected chi connectivity index (χ3v) is 3.45. The summed E-state index contributed by atoms with van der Waals surface area (Å²) >= 11 is 3.38. The van der Waals surface area contributed by atoms with Crippen molar-refractivity contribution in [3.63, 3.8) is 0 Å². The Morgan fingerprint density at radius 2 is 1.85 bits per heavy atom. The maximum Gasteiger partial charge on any atom is 0.315 e. The number of hydrogen-bond donors (Lipinski definition) is 2. The molecule has 2 amide bonds. The first-order valence-corrected chi connectivity index (χ1v) is 7.13. The van der Waals surface area contributed by atoms with E-state index in [0.29, 0.717) is 6.54 Å². The van der Waals surface area contributed by atoms with Gasteiger partial charge < -0.3 is 10.6 Å². The number of urea groups is 1. The number of carbonyl (C=O) groups is 1. The largest absolute Gasteiger partial charge is 0.334 e. The molecule has 0 spiro atoms. The van der Waals surface area contributed by atoms with Gasteiger partial charge in [0.05, 0.1) is 6.04 Å². The zero-order valence-corrected chi connectivity index (χ0v) is 12.7. The van der Waals surface area contributed by atoms with Gasteiger partial charge in [-0.1, -0.05) is 28.1 Å². The van der Waals surface area contributed by atoms with Gasteiger partial charge in [0.2, 0.25) is 0 Å². The molecule has 0 aliphatic rings. The lowest BCUT2D eigenvalue weighted by Gasteiger charge is -2.14. The Balaban J connectivity index is 1.82. The summed E-state index contributed by atoms with van der Waals surface area (Å²) in [6.07, 6.45) is 3.43. The molecule has 0 aliphatic heterocycles. The molecule has 1 atom stereocenters. The van der Waals surface area contributed by atoms with Crippen molar-refractivity contribution in [3.8, 4) is 0 Å². The lowest BCUT2D eigenvalue weighted by Crippen LogP contribution is -2.36. The van der Waals surface area contributed by atoms with E-state index in [9.17, 15) is 4.79 Å². The van der Waals surface area contributed by atoms with Gasteiger partial charge in [-0.05, 0) is 42.3 Å². The van der Waals surface area contributed by atoms with E-state index in [-0.39, 0.29) is 12.1 Å². The number of pyridine rings is 1. The van der Waals surface area contributed by atoms with Crippen molar-refractivity contribution in [2.75, 3.05) is 0 Å². The van der Waals surface area contributed by atoms with Gasteiger partial charge in [-0.25, -0.2) is 4.79 Å². The average Bonchev–Trinajstić information content (AvgIpc) is 2.47. The molecule has 20 heavy (non-hydrogen) atoms. The molecule has 104 valence electrons. The van der Waals surface area contributed by atoms with Crippen molar-refractivity contribution in [1.82, 2.24) is 15.6 Å². The van der Waals surface area contributed by atoms with E-state index in [2.05, 4.69) is 31.5 Å². The molecule has 5 heteroatoms.